The van der Waals surface area contributed by atoms with Gasteiger partial charge in [0.05, 0.1) is 6.54 Å². The number of aliphatic hydroxyl groups is 1. The van der Waals surface area contributed by atoms with Gasteiger partial charge in [0, 0.05) is 0 Å². The van der Waals surface area contributed by atoms with Crippen molar-refractivity contribution in [2.75, 3.05) is 13.2 Å². The highest BCUT2D eigenvalue weighted by atomic mass is 32.1. The Balaban J connectivity index is 1.80. The van der Waals surface area contributed by atoms with Gasteiger partial charge < -0.3 is 15.2 Å². The van der Waals surface area contributed by atoms with E-state index in [9.17, 15) is 9.90 Å². The number of nitrogens with one attached hydrogen (secondary N) is 1. The monoisotopic (exact) mass is 305 g/mol. The second kappa shape index (κ2) is 6.74. The summed E-state index contributed by atoms with van der Waals surface area (Å²) in [5, 5.41) is 16.7. The second-order valence-corrected chi connectivity index (χ2v) is 5.95. The van der Waals surface area contributed by atoms with E-state index < -0.39 is 5.60 Å². The molecule has 0 saturated heterocycles. The van der Waals surface area contributed by atoms with Crippen LogP contribution in [0, 0.1) is 6.92 Å². The van der Waals surface area contributed by atoms with Crippen molar-refractivity contribution in [1.29, 1.82) is 0 Å². The van der Waals surface area contributed by atoms with Gasteiger partial charge >= 0.3 is 0 Å². The number of carbonyl (C=O) groups excluding carboxylic acids is 1. The molecule has 1 amide bonds. The molecule has 112 valence electrons. The molecule has 21 heavy (non-hydrogen) atoms. The van der Waals surface area contributed by atoms with E-state index in [-0.39, 0.29) is 19.1 Å². The number of ether oxygens (including phenoxy) is 1. The molecule has 2 N–H and O–H groups in total. The lowest BCUT2D eigenvalue weighted by Crippen LogP contribution is -2.40. The average molecular weight is 305 g/mol. The fourth-order valence-electron chi connectivity index (χ4n) is 1.85. The molecule has 0 spiro atoms. The fourth-order valence-corrected chi connectivity index (χ4v) is 2.63. The normalized spacial score (nSPS) is 13.5. The van der Waals surface area contributed by atoms with Crippen LogP contribution in [0.25, 0.3) is 0 Å². The molecule has 0 bridgehead atoms. The minimum atomic E-state index is -1.07. The Kier molecular flexibility index (Phi) is 4.98. The van der Waals surface area contributed by atoms with Crippen LogP contribution in [0.2, 0.25) is 0 Å². The van der Waals surface area contributed by atoms with E-state index in [0.29, 0.717) is 5.75 Å². The van der Waals surface area contributed by atoms with Gasteiger partial charge in [0.25, 0.3) is 5.91 Å². The Morgan fingerprint density at radius 1 is 1.43 bits per heavy atom. The van der Waals surface area contributed by atoms with E-state index in [2.05, 4.69) is 5.32 Å². The van der Waals surface area contributed by atoms with Crippen molar-refractivity contribution in [3.05, 3.63) is 52.2 Å². The molecule has 0 saturated carbocycles. The summed E-state index contributed by atoms with van der Waals surface area (Å²) in [6, 6.07) is 9.37. The standard InChI is InChI=1S/C16H19NO3S/c1-12-4-3-5-14(8-12)20-9-15(18)17-11-16(2,19)13-6-7-21-10-13/h3-8,10,19H,9,11H2,1-2H3,(H,17,18). The molecule has 1 aromatic heterocycles. The molecule has 2 rings (SSSR count). The Labute approximate surface area is 128 Å². The van der Waals surface area contributed by atoms with Gasteiger partial charge in [-0.15, -0.1) is 0 Å². The summed E-state index contributed by atoms with van der Waals surface area (Å²) in [7, 11) is 0. The molecule has 0 aliphatic carbocycles. The van der Waals surface area contributed by atoms with Gasteiger partial charge in [0.15, 0.2) is 6.61 Å². The lowest BCUT2D eigenvalue weighted by molar-refractivity contribution is -0.124. The van der Waals surface area contributed by atoms with Crippen molar-refractivity contribution in [3.8, 4) is 5.75 Å². The fraction of sp³-hybridized carbons (Fsp3) is 0.312. The van der Waals surface area contributed by atoms with Crippen LogP contribution < -0.4 is 10.1 Å². The summed E-state index contributed by atoms with van der Waals surface area (Å²) < 4.78 is 5.41. The van der Waals surface area contributed by atoms with Gasteiger partial charge in [-0.05, 0) is 53.9 Å². The van der Waals surface area contributed by atoms with Gasteiger partial charge in [0.2, 0.25) is 0 Å². The van der Waals surface area contributed by atoms with Crippen LogP contribution in [-0.2, 0) is 10.4 Å². The van der Waals surface area contributed by atoms with Crippen molar-refractivity contribution in [2.24, 2.45) is 0 Å². The molecule has 0 radical (unpaired) electrons. The lowest BCUT2D eigenvalue weighted by Gasteiger charge is -2.22. The topological polar surface area (TPSA) is 58.6 Å². The summed E-state index contributed by atoms with van der Waals surface area (Å²) in [6.07, 6.45) is 0. The summed E-state index contributed by atoms with van der Waals surface area (Å²) >= 11 is 1.51. The SMILES string of the molecule is Cc1cccc(OCC(=O)NCC(C)(O)c2ccsc2)c1. The molecule has 0 aliphatic rings. The van der Waals surface area contributed by atoms with Crippen LogP contribution >= 0.6 is 11.3 Å². The van der Waals surface area contributed by atoms with Crippen LogP contribution in [-0.4, -0.2) is 24.2 Å². The van der Waals surface area contributed by atoms with Crippen LogP contribution in [0.5, 0.6) is 5.75 Å². The van der Waals surface area contributed by atoms with Crippen LogP contribution in [0.1, 0.15) is 18.1 Å². The number of thiophene rings is 1. The third-order valence-electron chi connectivity index (χ3n) is 3.13. The van der Waals surface area contributed by atoms with Crippen LogP contribution in [0.4, 0.5) is 0 Å². The van der Waals surface area contributed by atoms with Crippen molar-refractivity contribution in [3.63, 3.8) is 0 Å². The van der Waals surface area contributed by atoms with Gasteiger partial charge in [-0.2, -0.15) is 11.3 Å². The Hall–Kier alpha value is -1.85. The van der Waals surface area contributed by atoms with E-state index >= 15 is 0 Å². The van der Waals surface area contributed by atoms with E-state index in [4.69, 9.17) is 4.74 Å². The largest absolute Gasteiger partial charge is 0.484 e. The highest BCUT2D eigenvalue weighted by Crippen LogP contribution is 2.21. The maximum atomic E-state index is 11.8. The minimum Gasteiger partial charge on any atom is -0.484 e. The van der Waals surface area contributed by atoms with E-state index in [1.54, 1.807) is 6.92 Å². The first-order valence-electron chi connectivity index (χ1n) is 6.68. The molecule has 2 aromatic rings. The summed E-state index contributed by atoms with van der Waals surface area (Å²) in [6.45, 7) is 3.73. The van der Waals surface area contributed by atoms with Crippen molar-refractivity contribution in [2.45, 2.75) is 19.4 Å². The molecule has 4 nitrogen and oxygen atoms in total. The molecule has 1 atom stereocenters. The first kappa shape index (κ1) is 15.5. The third kappa shape index (κ3) is 4.58. The zero-order valence-corrected chi connectivity index (χ0v) is 12.9. The van der Waals surface area contributed by atoms with E-state index in [1.165, 1.54) is 11.3 Å². The van der Waals surface area contributed by atoms with Gasteiger partial charge in [-0.3, -0.25) is 4.79 Å². The van der Waals surface area contributed by atoms with Gasteiger partial charge in [-0.1, -0.05) is 12.1 Å². The molecular formula is C16H19NO3S. The average Bonchev–Trinajstić information content (AvgIpc) is 2.98. The molecule has 5 heteroatoms. The number of rotatable bonds is 6. The van der Waals surface area contributed by atoms with Crippen LogP contribution in [0.15, 0.2) is 41.1 Å². The number of amides is 1. The summed E-state index contributed by atoms with van der Waals surface area (Å²) in [4.78, 5) is 11.8. The third-order valence-corrected chi connectivity index (χ3v) is 3.82. The van der Waals surface area contributed by atoms with Crippen molar-refractivity contribution in [1.82, 2.24) is 5.32 Å². The van der Waals surface area contributed by atoms with Crippen molar-refractivity contribution < 1.29 is 14.6 Å². The van der Waals surface area contributed by atoms with Gasteiger partial charge in [-0.25, -0.2) is 0 Å². The Morgan fingerprint density at radius 2 is 2.24 bits per heavy atom. The molecule has 1 unspecified atom stereocenters. The van der Waals surface area contributed by atoms with E-state index in [0.717, 1.165) is 11.1 Å². The molecule has 1 heterocycles. The predicted octanol–water partition coefficient (Wildman–Crippen LogP) is 2.46. The summed E-state index contributed by atoms with van der Waals surface area (Å²) in [5.74, 6) is 0.404. The highest BCUT2D eigenvalue weighted by molar-refractivity contribution is 7.08. The quantitative estimate of drug-likeness (QED) is 0.862. The molecule has 0 aliphatic heterocycles. The predicted molar refractivity (Wildman–Crippen MR) is 83.6 cm³/mol. The highest BCUT2D eigenvalue weighted by Gasteiger charge is 2.24. The first-order chi connectivity index (χ1) is 9.97. The maximum Gasteiger partial charge on any atom is 0.258 e. The zero-order chi connectivity index (χ0) is 15.3. The van der Waals surface area contributed by atoms with Crippen LogP contribution in [0.3, 0.4) is 0 Å². The number of carbonyl (C=O) groups is 1. The van der Waals surface area contributed by atoms with Crippen molar-refractivity contribution >= 4 is 17.2 Å². The summed E-state index contributed by atoms with van der Waals surface area (Å²) in [5.41, 5.74) is 0.805. The smallest absolute Gasteiger partial charge is 0.258 e. The second-order valence-electron chi connectivity index (χ2n) is 5.17. The molecule has 0 fully saturated rings. The number of benzene rings is 1. The Morgan fingerprint density at radius 3 is 2.90 bits per heavy atom. The lowest BCUT2D eigenvalue weighted by atomic mass is 9.99. The maximum absolute atomic E-state index is 11.8. The molecular weight excluding hydrogens is 286 g/mol. The Bertz CT molecular complexity index is 593. The number of hydrogen-bond acceptors (Lipinski definition) is 4. The minimum absolute atomic E-state index is 0.0663. The first-order valence-corrected chi connectivity index (χ1v) is 7.63. The van der Waals surface area contributed by atoms with Gasteiger partial charge in [0.1, 0.15) is 11.4 Å². The van der Waals surface area contributed by atoms with E-state index in [1.807, 2.05) is 48.0 Å². The zero-order valence-electron chi connectivity index (χ0n) is 12.1. The molecule has 1 aromatic carbocycles. The number of hydrogen-bond donors (Lipinski definition) is 2. The number of aryl methyl sites for hydroxylation is 1.